The van der Waals surface area contributed by atoms with Crippen LogP contribution in [0.3, 0.4) is 0 Å². The Morgan fingerprint density at radius 3 is 2.59 bits per heavy atom. The molecule has 0 saturated heterocycles. The Hall–Kier alpha value is -1.57. The average Bonchev–Trinajstić information content (AvgIpc) is 2.37. The van der Waals surface area contributed by atoms with Crippen molar-refractivity contribution in [1.29, 1.82) is 5.26 Å². The van der Waals surface area contributed by atoms with Crippen molar-refractivity contribution in [2.24, 2.45) is 5.73 Å². The van der Waals surface area contributed by atoms with Crippen molar-refractivity contribution in [3.8, 4) is 11.8 Å². The van der Waals surface area contributed by atoms with Gasteiger partial charge >= 0.3 is 0 Å². The van der Waals surface area contributed by atoms with Crippen LogP contribution in [0.2, 0.25) is 0 Å². The maximum atomic E-state index is 8.65. The van der Waals surface area contributed by atoms with Crippen LogP contribution in [-0.2, 0) is 0 Å². The molecule has 0 aliphatic rings. The van der Waals surface area contributed by atoms with Crippen molar-refractivity contribution in [2.75, 3.05) is 33.3 Å². The molecule has 92 valence electrons. The fourth-order valence-corrected chi connectivity index (χ4v) is 1.42. The number of ether oxygens (including phenoxy) is 1. The van der Waals surface area contributed by atoms with E-state index < -0.39 is 0 Å². The molecule has 17 heavy (non-hydrogen) atoms. The maximum absolute atomic E-state index is 8.65. The third-order valence-corrected chi connectivity index (χ3v) is 2.47. The molecule has 4 nitrogen and oxygen atoms in total. The van der Waals surface area contributed by atoms with E-state index in [1.807, 2.05) is 12.1 Å². The molecule has 0 amide bonds. The van der Waals surface area contributed by atoms with Gasteiger partial charge in [-0.1, -0.05) is 0 Å². The Labute approximate surface area is 103 Å². The van der Waals surface area contributed by atoms with Crippen molar-refractivity contribution >= 4 is 0 Å². The fourth-order valence-electron chi connectivity index (χ4n) is 1.42. The normalized spacial score (nSPS) is 10.2. The zero-order chi connectivity index (χ0) is 12.5. The molecule has 0 saturated carbocycles. The molecule has 1 aromatic rings. The van der Waals surface area contributed by atoms with E-state index in [4.69, 9.17) is 15.7 Å². The number of benzene rings is 1. The second-order valence-electron chi connectivity index (χ2n) is 3.93. The molecule has 0 aromatic heterocycles. The molecule has 0 aliphatic carbocycles. The van der Waals surface area contributed by atoms with E-state index in [9.17, 15) is 0 Å². The lowest BCUT2D eigenvalue weighted by Crippen LogP contribution is -2.26. The largest absolute Gasteiger partial charge is 0.492 e. The molecule has 0 radical (unpaired) electrons. The van der Waals surface area contributed by atoms with E-state index in [1.54, 1.807) is 12.1 Å². The average molecular weight is 233 g/mol. The number of rotatable bonds is 7. The fraction of sp³-hybridized carbons (Fsp3) is 0.462. The Morgan fingerprint density at radius 1 is 1.29 bits per heavy atom. The van der Waals surface area contributed by atoms with Gasteiger partial charge in [-0.2, -0.15) is 5.26 Å². The molecule has 1 aromatic carbocycles. The van der Waals surface area contributed by atoms with Gasteiger partial charge in [-0.05, 0) is 50.8 Å². The number of hydrogen-bond donors (Lipinski definition) is 1. The molecule has 1 rings (SSSR count). The number of nitrogens with two attached hydrogens (primary N) is 1. The highest BCUT2D eigenvalue weighted by Gasteiger charge is 1.98. The summed E-state index contributed by atoms with van der Waals surface area (Å²) in [6.07, 6.45) is 1.01. The summed E-state index contributed by atoms with van der Waals surface area (Å²) in [7, 11) is 2.05. The summed E-state index contributed by atoms with van der Waals surface area (Å²) >= 11 is 0. The number of nitriles is 1. The third-order valence-electron chi connectivity index (χ3n) is 2.47. The smallest absolute Gasteiger partial charge is 0.119 e. The van der Waals surface area contributed by atoms with Crippen molar-refractivity contribution in [1.82, 2.24) is 4.90 Å². The van der Waals surface area contributed by atoms with E-state index in [1.165, 1.54) is 0 Å². The zero-order valence-corrected chi connectivity index (χ0v) is 10.2. The highest BCUT2D eigenvalue weighted by atomic mass is 16.5. The van der Waals surface area contributed by atoms with Crippen LogP contribution in [0, 0.1) is 11.3 Å². The van der Waals surface area contributed by atoms with E-state index in [2.05, 4.69) is 18.0 Å². The van der Waals surface area contributed by atoms with Crippen LogP contribution in [0.1, 0.15) is 12.0 Å². The number of hydrogen-bond acceptors (Lipinski definition) is 4. The Bertz CT molecular complexity index is 356. The summed E-state index contributed by atoms with van der Waals surface area (Å²) in [6.45, 7) is 3.24. The van der Waals surface area contributed by atoms with Crippen molar-refractivity contribution in [3.63, 3.8) is 0 Å². The summed E-state index contributed by atoms with van der Waals surface area (Å²) in [6, 6.07) is 9.23. The summed E-state index contributed by atoms with van der Waals surface area (Å²) in [5, 5.41) is 8.65. The molecule has 0 spiro atoms. The number of likely N-dealkylation sites (N-methyl/N-ethyl adjacent to an activating group) is 1. The van der Waals surface area contributed by atoms with Crippen LogP contribution < -0.4 is 10.5 Å². The van der Waals surface area contributed by atoms with Gasteiger partial charge in [-0.25, -0.2) is 0 Å². The molecule has 0 unspecified atom stereocenters. The minimum absolute atomic E-state index is 0.646. The predicted octanol–water partition coefficient (Wildman–Crippen LogP) is 1.22. The van der Waals surface area contributed by atoms with Gasteiger partial charge in [0.1, 0.15) is 12.4 Å². The van der Waals surface area contributed by atoms with E-state index in [-0.39, 0.29) is 0 Å². The van der Waals surface area contributed by atoms with Gasteiger partial charge in [0, 0.05) is 6.54 Å². The SMILES string of the molecule is CN(CCCN)CCOc1ccc(C#N)cc1. The lowest BCUT2D eigenvalue weighted by atomic mass is 10.2. The van der Waals surface area contributed by atoms with Crippen LogP contribution in [0.25, 0.3) is 0 Å². The van der Waals surface area contributed by atoms with Crippen molar-refractivity contribution in [3.05, 3.63) is 29.8 Å². The second kappa shape index (κ2) is 7.66. The summed E-state index contributed by atoms with van der Waals surface area (Å²) in [5.74, 6) is 0.802. The summed E-state index contributed by atoms with van der Waals surface area (Å²) in [5.41, 5.74) is 6.09. The van der Waals surface area contributed by atoms with Crippen molar-refractivity contribution < 1.29 is 4.74 Å². The first-order valence-corrected chi connectivity index (χ1v) is 5.78. The molecule has 0 aliphatic heterocycles. The van der Waals surface area contributed by atoms with Crippen LogP contribution in [0.5, 0.6) is 5.75 Å². The molecular formula is C13H19N3O. The quantitative estimate of drug-likeness (QED) is 0.769. The minimum atomic E-state index is 0.646. The first-order valence-electron chi connectivity index (χ1n) is 5.78. The monoisotopic (exact) mass is 233 g/mol. The lowest BCUT2D eigenvalue weighted by molar-refractivity contribution is 0.236. The first-order chi connectivity index (χ1) is 8.26. The summed E-state index contributed by atoms with van der Waals surface area (Å²) in [4.78, 5) is 2.19. The second-order valence-corrected chi connectivity index (χ2v) is 3.93. The van der Waals surface area contributed by atoms with Crippen LogP contribution in [0.4, 0.5) is 0 Å². The maximum Gasteiger partial charge on any atom is 0.119 e. The van der Waals surface area contributed by atoms with Gasteiger partial charge in [0.25, 0.3) is 0 Å². The molecule has 4 heteroatoms. The van der Waals surface area contributed by atoms with Crippen LogP contribution in [-0.4, -0.2) is 38.2 Å². The van der Waals surface area contributed by atoms with Gasteiger partial charge in [-0.3, -0.25) is 0 Å². The molecule has 0 atom stereocenters. The molecule has 0 bridgehead atoms. The lowest BCUT2D eigenvalue weighted by Gasteiger charge is -2.16. The van der Waals surface area contributed by atoms with Gasteiger partial charge in [0.05, 0.1) is 11.6 Å². The highest BCUT2D eigenvalue weighted by Crippen LogP contribution is 2.11. The van der Waals surface area contributed by atoms with E-state index in [0.29, 0.717) is 12.2 Å². The van der Waals surface area contributed by atoms with E-state index in [0.717, 1.165) is 31.8 Å². The van der Waals surface area contributed by atoms with Gasteiger partial charge in [-0.15, -0.1) is 0 Å². The van der Waals surface area contributed by atoms with Crippen LogP contribution >= 0.6 is 0 Å². The van der Waals surface area contributed by atoms with Crippen LogP contribution in [0.15, 0.2) is 24.3 Å². The topological polar surface area (TPSA) is 62.3 Å². The van der Waals surface area contributed by atoms with Gasteiger partial charge < -0.3 is 15.4 Å². The summed E-state index contributed by atoms with van der Waals surface area (Å²) < 4.78 is 5.57. The Morgan fingerprint density at radius 2 is 2.00 bits per heavy atom. The molecule has 2 N–H and O–H groups in total. The molecule has 0 heterocycles. The third kappa shape index (κ3) is 5.34. The number of nitrogens with zero attached hydrogens (tertiary/aromatic N) is 2. The van der Waals surface area contributed by atoms with Gasteiger partial charge in [0.2, 0.25) is 0 Å². The Balaban J connectivity index is 2.24. The van der Waals surface area contributed by atoms with E-state index >= 15 is 0 Å². The zero-order valence-electron chi connectivity index (χ0n) is 10.2. The first kappa shape index (κ1) is 13.5. The minimum Gasteiger partial charge on any atom is -0.492 e. The van der Waals surface area contributed by atoms with Crippen molar-refractivity contribution in [2.45, 2.75) is 6.42 Å². The molecule has 0 fully saturated rings. The molecular weight excluding hydrogens is 214 g/mol. The Kier molecular flexibility index (Phi) is 6.08. The van der Waals surface area contributed by atoms with Gasteiger partial charge in [0.15, 0.2) is 0 Å². The highest BCUT2D eigenvalue weighted by molar-refractivity contribution is 5.34. The predicted molar refractivity (Wildman–Crippen MR) is 67.8 cm³/mol. The standard InChI is InChI=1S/C13H19N3O/c1-16(8-2-7-14)9-10-17-13-5-3-12(11-15)4-6-13/h3-6H,2,7-10,14H2,1H3.